The molecule has 1 aliphatic rings. The first kappa shape index (κ1) is 22.8. The summed E-state index contributed by atoms with van der Waals surface area (Å²) in [4.78, 5) is 13.1. The summed E-state index contributed by atoms with van der Waals surface area (Å²) in [5, 5.41) is 19.5. The number of aromatic nitrogens is 1. The largest absolute Gasteiger partial charge is 0.389 e. The molecule has 2 aromatic heterocycles. The van der Waals surface area contributed by atoms with Crippen LogP contribution in [0.15, 0.2) is 24.4 Å². The smallest absolute Gasteiger partial charge is 0.241 e. The second-order valence-electron chi connectivity index (χ2n) is 7.97. The summed E-state index contributed by atoms with van der Waals surface area (Å²) < 4.78 is 33.4. The first-order valence-corrected chi connectivity index (χ1v) is 10.6. The van der Waals surface area contributed by atoms with E-state index in [9.17, 15) is 18.7 Å². The highest BCUT2D eigenvalue weighted by Crippen LogP contribution is 2.38. The minimum Gasteiger partial charge on any atom is -0.389 e. The fourth-order valence-corrected chi connectivity index (χ4v) is 4.57. The molecule has 2 atom stereocenters. The van der Waals surface area contributed by atoms with Gasteiger partial charge in [-0.1, -0.05) is 18.0 Å². The van der Waals surface area contributed by atoms with Crippen LogP contribution in [0.2, 0.25) is 5.02 Å². The molecule has 0 saturated heterocycles. The van der Waals surface area contributed by atoms with Crippen LogP contribution in [0.1, 0.15) is 55.1 Å². The van der Waals surface area contributed by atoms with Crippen LogP contribution in [-0.4, -0.2) is 46.2 Å². The number of halogens is 3. The zero-order valence-corrected chi connectivity index (χ0v) is 17.7. The highest BCUT2D eigenvalue weighted by Gasteiger charge is 2.39. The molecule has 30 heavy (non-hydrogen) atoms. The third-order valence-corrected chi connectivity index (χ3v) is 6.07. The summed E-state index contributed by atoms with van der Waals surface area (Å²) in [6, 6.07) is 5.14. The van der Waals surface area contributed by atoms with Crippen molar-refractivity contribution in [3.8, 4) is 0 Å². The average molecular weight is 441 g/mol. The number of carbonyl (C=O) groups is 1. The second-order valence-corrected chi connectivity index (χ2v) is 8.38. The standard InChI is InChI=1S/C22H27ClF2N2O3/c1-2-30-10-7-15-11-16(19-17(23)6-4-9-27(15)19)20(28)18(26)13-22(29)8-3-5-14(12-22)21(24)25/h4,6,9,11,14,21,26,29H,2-3,5,7-8,10,12-13H2,1H3. The fraction of sp³-hybridized carbons (Fsp3) is 0.545. The predicted octanol–water partition coefficient (Wildman–Crippen LogP) is 4.95. The number of rotatable bonds is 9. The van der Waals surface area contributed by atoms with Gasteiger partial charge < -0.3 is 19.7 Å². The molecular weight excluding hydrogens is 414 g/mol. The molecule has 0 amide bonds. The zero-order valence-electron chi connectivity index (χ0n) is 17.0. The lowest BCUT2D eigenvalue weighted by molar-refractivity contribution is -0.0504. The first-order valence-electron chi connectivity index (χ1n) is 10.2. The molecule has 0 spiro atoms. The molecule has 2 unspecified atom stereocenters. The molecular formula is C22H27ClF2N2O3. The van der Waals surface area contributed by atoms with Crippen LogP contribution in [0.25, 0.3) is 5.52 Å². The van der Waals surface area contributed by atoms with Crippen molar-refractivity contribution >= 4 is 28.6 Å². The highest BCUT2D eigenvalue weighted by atomic mass is 35.5. The van der Waals surface area contributed by atoms with E-state index in [1.165, 1.54) is 0 Å². The van der Waals surface area contributed by atoms with Crippen LogP contribution in [0.3, 0.4) is 0 Å². The van der Waals surface area contributed by atoms with Gasteiger partial charge in [-0.15, -0.1) is 0 Å². The maximum atomic E-state index is 13.1. The topological polar surface area (TPSA) is 74.8 Å². The molecule has 1 fully saturated rings. The Balaban J connectivity index is 1.84. The maximum Gasteiger partial charge on any atom is 0.241 e. The van der Waals surface area contributed by atoms with Crippen molar-refractivity contribution in [1.29, 1.82) is 5.41 Å². The highest BCUT2D eigenvalue weighted by molar-refractivity contribution is 6.47. The molecule has 0 bridgehead atoms. The van der Waals surface area contributed by atoms with E-state index in [-0.39, 0.29) is 24.1 Å². The van der Waals surface area contributed by atoms with E-state index < -0.39 is 23.7 Å². The molecule has 0 aliphatic heterocycles. The van der Waals surface area contributed by atoms with E-state index >= 15 is 0 Å². The van der Waals surface area contributed by atoms with E-state index in [0.717, 1.165) is 5.69 Å². The third-order valence-electron chi connectivity index (χ3n) is 5.77. The van der Waals surface area contributed by atoms with Crippen LogP contribution < -0.4 is 0 Å². The van der Waals surface area contributed by atoms with Crippen molar-refractivity contribution in [2.45, 2.75) is 57.5 Å². The van der Waals surface area contributed by atoms with Gasteiger partial charge >= 0.3 is 0 Å². The Morgan fingerprint density at radius 1 is 1.50 bits per heavy atom. The number of carbonyl (C=O) groups excluding carboxylic acids is 1. The number of alkyl halides is 2. The fourth-order valence-electron chi connectivity index (χ4n) is 4.30. The van der Waals surface area contributed by atoms with Gasteiger partial charge in [0, 0.05) is 37.3 Å². The molecule has 8 heteroatoms. The van der Waals surface area contributed by atoms with Crippen molar-refractivity contribution in [3.63, 3.8) is 0 Å². The van der Waals surface area contributed by atoms with Gasteiger partial charge in [0.05, 0.1) is 34.0 Å². The number of hydrogen-bond acceptors (Lipinski definition) is 4. The number of Topliss-reactive ketones (excluding diaryl/α,β-unsaturated/α-hetero) is 1. The van der Waals surface area contributed by atoms with E-state index in [1.807, 2.05) is 11.3 Å². The Kier molecular flexibility index (Phi) is 7.26. The molecule has 5 nitrogen and oxygen atoms in total. The number of nitrogens with one attached hydrogen (secondary N) is 1. The van der Waals surface area contributed by atoms with Gasteiger partial charge in [-0.25, -0.2) is 8.78 Å². The van der Waals surface area contributed by atoms with Crippen molar-refractivity contribution in [3.05, 3.63) is 40.7 Å². The lowest BCUT2D eigenvalue weighted by Gasteiger charge is -2.36. The van der Waals surface area contributed by atoms with E-state index in [1.54, 1.807) is 24.4 Å². The number of fused-ring (bicyclic) bond motifs is 1. The summed E-state index contributed by atoms with van der Waals surface area (Å²) in [7, 11) is 0. The van der Waals surface area contributed by atoms with Gasteiger partial charge in [0.2, 0.25) is 12.2 Å². The predicted molar refractivity (Wildman–Crippen MR) is 112 cm³/mol. The lowest BCUT2D eigenvalue weighted by atomic mass is 9.75. The number of ether oxygens (including phenoxy) is 1. The minimum atomic E-state index is -2.51. The maximum absolute atomic E-state index is 13.1. The summed E-state index contributed by atoms with van der Waals surface area (Å²) in [6.45, 7) is 2.96. The molecule has 2 heterocycles. The molecule has 3 rings (SSSR count). The summed E-state index contributed by atoms with van der Waals surface area (Å²) >= 11 is 6.35. The molecule has 0 aromatic carbocycles. The second kappa shape index (κ2) is 9.54. The lowest BCUT2D eigenvalue weighted by Crippen LogP contribution is -2.40. The van der Waals surface area contributed by atoms with Gasteiger partial charge in [0.15, 0.2) is 0 Å². The van der Waals surface area contributed by atoms with E-state index in [4.69, 9.17) is 21.7 Å². The van der Waals surface area contributed by atoms with Gasteiger partial charge in [-0.3, -0.25) is 4.79 Å². The quantitative estimate of drug-likeness (QED) is 0.329. The third kappa shape index (κ3) is 4.90. The Morgan fingerprint density at radius 2 is 2.27 bits per heavy atom. The Morgan fingerprint density at radius 3 is 2.97 bits per heavy atom. The summed E-state index contributed by atoms with van der Waals surface area (Å²) in [5.74, 6) is -1.45. The number of hydrogen-bond donors (Lipinski definition) is 2. The van der Waals surface area contributed by atoms with Crippen molar-refractivity contribution in [1.82, 2.24) is 4.40 Å². The van der Waals surface area contributed by atoms with Gasteiger partial charge in [-0.05, 0) is 44.4 Å². The van der Waals surface area contributed by atoms with Crippen LogP contribution in [0, 0.1) is 11.3 Å². The van der Waals surface area contributed by atoms with Crippen molar-refractivity contribution in [2.75, 3.05) is 13.2 Å². The van der Waals surface area contributed by atoms with Crippen LogP contribution >= 0.6 is 11.6 Å². The van der Waals surface area contributed by atoms with Crippen LogP contribution in [0.5, 0.6) is 0 Å². The van der Waals surface area contributed by atoms with Crippen molar-refractivity contribution in [2.24, 2.45) is 5.92 Å². The first-order chi connectivity index (χ1) is 14.3. The number of pyridine rings is 1. The number of aliphatic hydroxyl groups is 1. The Labute approximate surface area is 179 Å². The van der Waals surface area contributed by atoms with Gasteiger partial charge in [0.1, 0.15) is 0 Å². The number of ketones is 1. The summed E-state index contributed by atoms with van der Waals surface area (Å²) in [5.41, 5.74) is -0.144. The Hall–Kier alpha value is -1.83. The van der Waals surface area contributed by atoms with Gasteiger partial charge in [-0.2, -0.15) is 0 Å². The SMILES string of the molecule is CCOCCc1cc(C(=O)C(=N)CC2(O)CCCC(C(F)F)C2)c2c(Cl)cccn12. The van der Waals surface area contributed by atoms with E-state index in [2.05, 4.69) is 0 Å². The van der Waals surface area contributed by atoms with Crippen LogP contribution in [-0.2, 0) is 11.2 Å². The molecule has 2 aromatic rings. The molecule has 1 aliphatic carbocycles. The number of nitrogens with zero attached hydrogens (tertiary/aromatic N) is 1. The van der Waals surface area contributed by atoms with Crippen LogP contribution in [0.4, 0.5) is 8.78 Å². The van der Waals surface area contributed by atoms with Gasteiger partial charge in [0.25, 0.3) is 0 Å². The van der Waals surface area contributed by atoms with E-state index in [0.29, 0.717) is 49.4 Å². The minimum absolute atomic E-state index is 0.100. The average Bonchev–Trinajstić information content (AvgIpc) is 3.07. The molecule has 1 saturated carbocycles. The molecule has 0 radical (unpaired) electrons. The molecule has 164 valence electrons. The monoisotopic (exact) mass is 440 g/mol. The summed E-state index contributed by atoms with van der Waals surface area (Å²) in [6.07, 6.45) is 0.620. The Bertz CT molecular complexity index is 930. The zero-order chi connectivity index (χ0) is 21.9. The van der Waals surface area contributed by atoms with Crippen molar-refractivity contribution < 1.29 is 23.4 Å². The normalized spacial score (nSPS) is 22.0. The molecule has 2 N–H and O–H groups in total.